The Hall–Kier alpha value is -5.40. The predicted molar refractivity (Wildman–Crippen MR) is 184 cm³/mol. The van der Waals surface area contributed by atoms with Crippen LogP contribution in [0.5, 0.6) is 17.2 Å². The van der Waals surface area contributed by atoms with Gasteiger partial charge in [-0.2, -0.15) is 0 Å². The van der Waals surface area contributed by atoms with E-state index in [0.29, 0.717) is 18.4 Å². The van der Waals surface area contributed by atoms with Gasteiger partial charge in [0.25, 0.3) is 0 Å². The Morgan fingerprint density at radius 1 is 0.438 bits per heavy atom. The fraction of sp³-hybridized carbons (Fsp3) is 0.143. The number of rotatable bonds is 0. The van der Waals surface area contributed by atoms with Crippen molar-refractivity contribution in [3.05, 3.63) is 194 Å². The van der Waals surface area contributed by atoms with Gasteiger partial charge in [0.1, 0.15) is 6.10 Å². The zero-order chi connectivity index (χ0) is 33.4. The largest absolute Gasteiger partial charge is 0.504 e. The first-order valence-electron chi connectivity index (χ1n) is 16.0. The second-order valence-electron chi connectivity index (χ2n) is 12.7. The maximum Gasteiger partial charge on any atom is 0.221 e. The SMILES string of the molecule is Oc1c2cc(c(O)c1O)C(O)(O)c1cccc(c1)Cc1cccc(c1)Cc1cccc(c1)Cc1cccc(c1)Cc1cccc(c1)C2O. The molecule has 6 heteroatoms. The summed E-state index contributed by atoms with van der Waals surface area (Å²) in [6.07, 6.45) is 1.22. The summed E-state index contributed by atoms with van der Waals surface area (Å²) in [7, 11) is 0. The number of hydrogen-bond acceptors (Lipinski definition) is 6. The molecule has 0 saturated carbocycles. The molecule has 6 nitrogen and oxygen atoms in total. The molecule has 0 heterocycles. The third-order valence-corrected chi connectivity index (χ3v) is 9.15. The molecule has 0 saturated heterocycles. The third kappa shape index (κ3) is 6.29. The highest BCUT2D eigenvalue weighted by atomic mass is 16.5. The van der Waals surface area contributed by atoms with Gasteiger partial charge in [-0.25, -0.2) is 0 Å². The fourth-order valence-corrected chi connectivity index (χ4v) is 6.74. The third-order valence-electron chi connectivity index (χ3n) is 9.15. The molecule has 1 unspecified atom stereocenters. The van der Waals surface area contributed by atoms with Crippen molar-refractivity contribution in [2.24, 2.45) is 0 Å². The van der Waals surface area contributed by atoms with Crippen LogP contribution in [-0.4, -0.2) is 30.6 Å². The number of phenolic OH excluding ortho intramolecular Hbond substituents is 3. The molecule has 1 atom stereocenters. The van der Waals surface area contributed by atoms with Gasteiger partial charge < -0.3 is 30.6 Å². The van der Waals surface area contributed by atoms with Gasteiger partial charge in [-0.3, -0.25) is 0 Å². The first kappa shape index (κ1) is 31.2. The molecule has 0 spiro atoms. The van der Waals surface area contributed by atoms with Gasteiger partial charge in [0.15, 0.2) is 11.5 Å². The Morgan fingerprint density at radius 3 is 1.31 bits per heavy atom. The first-order chi connectivity index (χ1) is 23.1. The first-order valence-corrected chi connectivity index (χ1v) is 16.0. The normalized spacial score (nSPS) is 15.7. The van der Waals surface area contributed by atoms with Gasteiger partial charge in [-0.05, 0) is 87.9 Å². The highest BCUT2D eigenvalue weighted by Crippen LogP contribution is 2.48. The quantitative estimate of drug-likeness (QED) is 0.0811. The van der Waals surface area contributed by atoms with Gasteiger partial charge in [-0.15, -0.1) is 0 Å². The summed E-state index contributed by atoms with van der Waals surface area (Å²) in [5, 5.41) is 66.8. The lowest BCUT2D eigenvalue weighted by atomic mass is 9.89. The fourth-order valence-electron chi connectivity index (χ4n) is 6.74. The van der Waals surface area contributed by atoms with E-state index in [1.54, 1.807) is 24.3 Å². The number of fused-ring (bicyclic) bond motifs is 12. The summed E-state index contributed by atoms with van der Waals surface area (Å²) < 4.78 is 0. The number of hydrogen-bond donors (Lipinski definition) is 6. The minimum absolute atomic E-state index is 0.0486. The van der Waals surface area contributed by atoms with Crippen LogP contribution >= 0.6 is 0 Å². The predicted octanol–water partition coefficient (Wildman–Crippen LogP) is 6.75. The average molecular weight is 637 g/mol. The lowest BCUT2D eigenvalue weighted by Crippen LogP contribution is -2.27. The van der Waals surface area contributed by atoms with Crippen LogP contribution in [0, 0.1) is 0 Å². The second-order valence-corrected chi connectivity index (χ2v) is 12.7. The Morgan fingerprint density at radius 2 is 0.833 bits per heavy atom. The van der Waals surface area contributed by atoms with Gasteiger partial charge in [-0.1, -0.05) is 115 Å². The van der Waals surface area contributed by atoms with E-state index < -0.39 is 34.7 Å². The molecule has 0 amide bonds. The van der Waals surface area contributed by atoms with E-state index in [1.807, 2.05) is 36.4 Å². The molecule has 0 radical (unpaired) electrons. The molecule has 0 fully saturated rings. The number of aromatic hydroxyl groups is 3. The van der Waals surface area contributed by atoms with Crippen molar-refractivity contribution in [2.45, 2.75) is 37.6 Å². The van der Waals surface area contributed by atoms with Crippen molar-refractivity contribution in [3.63, 3.8) is 0 Å². The molecule has 0 aliphatic heterocycles. The Kier molecular flexibility index (Phi) is 8.23. The minimum atomic E-state index is -2.77. The van der Waals surface area contributed by atoms with Crippen molar-refractivity contribution < 1.29 is 30.6 Å². The topological polar surface area (TPSA) is 121 Å². The maximum atomic E-state index is 11.5. The van der Waals surface area contributed by atoms with Crippen LogP contribution < -0.4 is 0 Å². The standard InChI is InChI=1S/C42H36O6/c43-38-34-14-4-12-32(23-34)21-30-10-2-8-28(19-30)17-26-6-1-7-27(16-26)18-29-9-3-11-31(20-29)22-33-13-5-15-35(24-33)42(47,48)37-25-36(38)39(44)41(46)40(37)45/h1-16,19-20,23-25,38,43-48H,17-18,21-22H2. The molecular weight excluding hydrogens is 600 g/mol. The van der Waals surface area contributed by atoms with Crippen LogP contribution in [0.25, 0.3) is 0 Å². The van der Waals surface area contributed by atoms with Gasteiger partial charge in [0.2, 0.25) is 11.5 Å². The van der Waals surface area contributed by atoms with Crippen LogP contribution in [0.3, 0.4) is 0 Å². The van der Waals surface area contributed by atoms with E-state index >= 15 is 0 Å². The molecule has 1 aliphatic carbocycles. The van der Waals surface area contributed by atoms with Crippen LogP contribution in [0.1, 0.15) is 72.9 Å². The second kappa shape index (κ2) is 12.7. The van der Waals surface area contributed by atoms with E-state index in [0.717, 1.165) is 46.7 Å². The van der Waals surface area contributed by atoms with E-state index in [9.17, 15) is 30.6 Å². The summed E-state index contributed by atoms with van der Waals surface area (Å²) in [6, 6.07) is 40.5. The van der Waals surface area contributed by atoms with Crippen molar-refractivity contribution in [3.8, 4) is 17.2 Å². The zero-order valence-corrected chi connectivity index (χ0v) is 26.2. The minimum Gasteiger partial charge on any atom is -0.504 e. The number of phenols is 3. The molecule has 12 bridgehead atoms. The molecule has 0 aromatic heterocycles. The highest BCUT2D eigenvalue weighted by Gasteiger charge is 2.36. The van der Waals surface area contributed by atoms with Crippen molar-refractivity contribution in [1.82, 2.24) is 0 Å². The van der Waals surface area contributed by atoms with Crippen LogP contribution in [-0.2, 0) is 31.5 Å². The number of aliphatic hydroxyl groups is 3. The van der Waals surface area contributed by atoms with E-state index in [1.165, 1.54) is 22.8 Å². The van der Waals surface area contributed by atoms with E-state index in [2.05, 4.69) is 54.6 Å². The van der Waals surface area contributed by atoms with Crippen molar-refractivity contribution in [2.75, 3.05) is 0 Å². The molecule has 6 aromatic rings. The highest BCUT2D eigenvalue weighted by molar-refractivity contribution is 5.62. The summed E-state index contributed by atoms with van der Waals surface area (Å²) in [6.45, 7) is 0. The summed E-state index contributed by atoms with van der Waals surface area (Å²) in [4.78, 5) is 0. The van der Waals surface area contributed by atoms with Crippen LogP contribution in [0.4, 0.5) is 0 Å². The van der Waals surface area contributed by atoms with Gasteiger partial charge in [0.05, 0.1) is 5.56 Å². The number of benzene rings is 6. The summed E-state index contributed by atoms with van der Waals surface area (Å²) in [5.74, 6) is -5.38. The molecule has 1 aliphatic rings. The lowest BCUT2D eigenvalue weighted by Gasteiger charge is -2.26. The molecular formula is C42H36O6. The summed E-state index contributed by atoms with van der Waals surface area (Å²) >= 11 is 0. The Balaban J connectivity index is 1.35. The van der Waals surface area contributed by atoms with Gasteiger partial charge in [0, 0.05) is 11.1 Å². The zero-order valence-electron chi connectivity index (χ0n) is 26.2. The molecule has 48 heavy (non-hydrogen) atoms. The van der Waals surface area contributed by atoms with Crippen LogP contribution in [0.15, 0.2) is 127 Å². The monoisotopic (exact) mass is 636 g/mol. The maximum absolute atomic E-state index is 11.5. The Bertz CT molecular complexity index is 2130. The lowest BCUT2D eigenvalue weighted by molar-refractivity contribution is -0.133. The molecule has 7 rings (SSSR count). The number of aliphatic hydroxyl groups excluding tert-OH is 1. The Labute approximate surface area is 279 Å². The molecule has 6 aromatic carbocycles. The summed E-state index contributed by atoms with van der Waals surface area (Å²) in [5.41, 5.74) is 8.47. The smallest absolute Gasteiger partial charge is 0.221 e. The van der Waals surface area contributed by atoms with Crippen LogP contribution in [0.2, 0.25) is 0 Å². The van der Waals surface area contributed by atoms with Gasteiger partial charge >= 0.3 is 0 Å². The average Bonchev–Trinajstić information content (AvgIpc) is 3.07. The molecule has 240 valence electrons. The molecule has 6 N–H and O–H groups in total. The van der Waals surface area contributed by atoms with Crippen molar-refractivity contribution in [1.29, 1.82) is 0 Å². The van der Waals surface area contributed by atoms with Crippen molar-refractivity contribution >= 4 is 0 Å². The van der Waals surface area contributed by atoms with E-state index in [-0.39, 0.29) is 11.1 Å². The van der Waals surface area contributed by atoms with E-state index in [4.69, 9.17) is 0 Å².